The molecule has 1 unspecified atom stereocenters. The second-order valence-corrected chi connectivity index (χ2v) is 4.12. The van der Waals surface area contributed by atoms with Gasteiger partial charge in [0.15, 0.2) is 0 Å². The van der Waals surface area contributed by atoms with Crippen LogP contribution in [0, 0.1) is 12.8 Å². The summed E-state index contributed by atoms with van der Waals surface area (Å²) in [6.07, 6.45) is 1.51. The summed E-state index contributed by atoms with van der Waals surface area (Å²) in [4.78, 5) is 0. The molecule has 0 saturated heterocycles. The number of aryl methyl sites for hydroxylation is 1. The lowest BCUT2D eigenvalue weighted by molar-refractivity contribution is 0.139. The molecule has 1 heterocycles. The van der Waals surface area contributed by atoms with E-state index in [2.05, 4.69) is 39.0 Å². The SMILES string of the molecule is Cc1ccc2c(c1)OC(C)[C@@H](C)C2. The van der Waals surface area contributed by atoms with Crippen molar-refractivity contribution in [2.45, 2.75) is 33.3 Å². The van der Waals surface area contributed by atoms with E-state index in [9.17, 15) is 0 Å². The molecule has 0 amide bonds. The molecule has 1 aliphatic heterocycles. The minimum Gasteiger partial charge on any atom is -0.490 e. The van der Waals surface area contributed by atoms with Gasteiger partial charge in [0.25, 0.3) is 0 Å². The number of rotatable bonds is 0. The molecular formula is C12H16O. The number of hydrogen-bond donors (Lipinski definition) is 0. The van der Waals surface area contributed by atoms with Gasteiger partial charge in [-0.1, -0.05) is 19.1 Å². The van der Waals surface area contributed by atoms with Crippen LogP contribution in [-0.4, -0.2) is 6.10 Å². The lowest BCUT2D eigenvalue weighted by Crippen LogP contribution is -2.27. The van der Waals surface area contributed by atoms with E-state index < -0.39 is 0 Å². The molecule has 0 fully saturated rings. The van der Waals surface area contributed by atoms with Crippen LogP contribution in [0.3, 0.4) is 0 Å². The normalized spacial score (nSPS) is 26.4. The number of fused-ring (bicyclic) bond motifs is 1. The first-order valence-corrected chi connectivity index (χ1v) is 4.93. The summed E-state index contributed by atoms with van der Waals surface area (Å²) in [6, 6.07) is 6.48. The van der Waals surface area contributed by atoms with Gasteiger partial charge in [0.1, 0.15) is 5.75 Å². The first kappa shape index (κ1) is 8.61. The summed E-state index contributed by atoms with van der Waals surface area (Å²) in [5.74, 6) is 1.72. The molecule has 1 aromatic rings. The predicted molar refractivity (Wildman–Crippen MR) is 54.1 cm³/mol. The third-order valence-electron chi connectivity index (χ3n) is 2.88. The van der Waals surface area contributed by atoms with Gasteiger partial charge in [-0.15, -0.1) is 0 Å². The highest BCUT2D eigenvalue weighted by molar-refractivity contribution is 5.38. The lowest BCUT2D eigenvalue weighted by atomic mass is 9.92. The zero-order chi connectivity index (χ0) is 9.42. The molecule has 0 N–H and O–H groups in total. The van der Waals surface area contributed by atoms with Gasteiger partial charge < -0.3 is 4.74 Å². The average Bonchev–Trinajstić information content (AvgIpc) is 2.08. The van der Waals surface area contributed by atoms with E-state index in [1.54, 1.807) is 0 Å². The predicted octanol–water partition coefficient (Wildman–Crippen LogP) is 2.95. The molecule has 0 aromatic heterocycles. The third-order valence-corrected chi connectivity index (χ3v) is 2.88. The minimum absolute atomic E-state index is 0.356. The number of benzene rings is 1. The van der Waals surface area contributed by atoms with Crippen molar-refractivity contribution >= 4 is 0 Å². The Labute approximate surface area is 79.7 Å². The van der Waals surface area contributed by atoms with Gasteiger partial charge in [0.05, 0.1) is 6.10 Å². The van der Waals surface area contributed by atoms with Crippen LogP contribution in [0.25, 0.3) is 0 Å². The van der Waals surface area contributed by atoms with Gasteiger partial charge in [-0.25, -0.2) is 0 Å². The maximum Gasteiger partial charge on any atom is 0.123 e. The van der Waals surface area contributed by atoms with E-state index in [0.717, 1.165) is 12.2 Å². The van der Waals surface area contributed by atoms with Crippen molar-refractivity contribution in [1.29, 1.82) is 0 Å². The number of ether oxygens (including phenoxy) is 1. The molecule has 0 radical (unpaired) electrons. The zero-order valence-corrected chi connectivity index (χ0v) is 8.50. The largest absolute Gasteiger partial charge is 0.490 e. The van der Waals surface area contributed by atoms with E-state index in [1.807, 2.05) is 0 Å². The fraction of sp³-hybridized carbons (Fsp3) is 0.500. The van der Waals surface area contributed by atoms with Crippen molar-refractivity contribution in [2.75, 3.05) is 0 Å². The third kappa shape index (κ3) is 1.55. The molecule has 70 valence electrons. The Morgan fingerprint density at radius 1 is 1.31 bits per heavy atom. The number of hydrogen-bond acceptors (Lipinski definition) is 1. The summed E-state index contributed by atoms with van der Waals surface area (Å²) >= 11 is 0. The van der Waals surface area contributed by atoms with Crippen LogP contribution < -0.4 is 4.74 Å². The standard InChI is InChI=1S/C12H16O/c1-8-4-5-11-7-9(2)10(3)13-12(11)6-8/h4-6,9-10H,7H2,1-3H3/t9-,10?/m0/s1. The first-order chi connectivity index (χ1) is 6.16. The van der Waals surface area contributed by atoms with Gasteiger partial charge in [-0.2, -0.15) is 0 Å². The quantitative estimate of drug-likeness (QED) is 0.590. The van der Waals surface area contributed by atoms with Crippen LogP contribution in [0.1, 0.15) is 25.0 Å². The molecule has 0 aliphatic carbocycles. The Kier molecular flexibility index (Phi) is 2.03. The smallest absolute Gasteiger partial charge is 0.123 e. The van der Waals surface area contributed by atoms with Crippen molar-refractivity contribution in [3.8, 4) is 5.75 Å². The summed E-state index contributed by atoms with van der Waals surface area (Å²) < 4.78 is 5.82. The van der Waals surface area contributed by atoms with E-state index in [4.69, 9.17) is 4.74 Å². The first-order valence-electron chi connectivity index (χ1n) is 4.93. The van der Waals surface area contributed by atoms with Crippen molar-refractivity contribution in [1.82, 2.24) is 0 Å². The van der Waals surface area contributed by atoms with Gasteiger partial charge in [-0.05, 0) is 43.4 Å². The van der Waals surface area contributed by atoms with Gasteiger partial charge in [0, 0.05) is 0 Å². The van der Waals surface area contributed by atoms with Gasteiger partial charge in [-0.3, -0.25) is 0 Å². The minimum atomic E-state index is 0.356. The molecule has 13 heavy (non-hydrogen) atoms. The molecule has 0 saturated carbocycles. The molecule has 1 aliphatic rings. The summed E-state index contributed by atoms with van der Waals surface area (Å²) in [7, 11) is 0. The van der Waals surface area contributed by atoms with Crippen LogP contribution in [0.15, 0.2) is 18.2 Å². The van der Waals surface area contributed by atoms with E-state index in [1.165, 1.54) is 11.1 Å². The van der Waals surface area contributed by atoms with E-state index >= 15 is 0 Å². The van der Waals surface area contributed by atoms with Gasteiger partial charge in [0.2, 0.25) is 0 Å². The topological polar surface area (TPSA) is 9.23 Å². The Morgan fingerprint density at radius 2 is 2.08 bits per heavy atom. The van der Waals surface area contributed by atoms with Crippen LogP contribution in [0.2, 0.25) is 0 Å². The van der Waals surface area contributed by atoms with Crippen LogP contribution in [0.5, 0.6) is 5.75 Å². The van der Waals surface area contributed by atoms with Crippen molar-refractivity contribution in [3.63, 3.8) is 0 Å². The lowest BCUT2D eigenvalue weighted by Gasteiger charge is -2.29. The Balaban J connectivity index is 2.37. The molecule has 2 rings (SSSR count). The summed E-state index contributed by atoms with van der Waals surface area (Å²) in [5.41, 5.74) is 2.64. The molecule has 2 atom stereocenters. The average molecular weight is 176 g/mol. The fourth-order valence-electron chi connectivity index (χ4n) is 1.77. The van der Waals surface area contributed by atoms with Crippen molar-refractivity contribution in [2.24, 2.45) is 5.92 Å². The second kappa shape index (κ2) is 3.06. The van der Waals surface area contributed by atoms with Crippen molar-refractivity contribution in [3.05, 3.63) is 29.3 Å². The second-order valence-electron chi connectivity index (χ2n) is 4.12. The summed E-state index contributed by atoms with van der Waals surface area (Å²) in [5, 5.41) is 0. The van der Waals surface area contributed by atoms with E-state index in [0.29, 0.717) is 12.0 Å². The maximum absolute atomic E-state index is 5.82. The molecule has 0 spiro atoms. The van der Waals surface area contributed by atoms with Crippen LogP contribution >= 0.6 is 0 Å². The van der Waals surface area contributed by atoms with Gasteiger partial charge >= 0.3 is 0 Å². The molecule has 1 heteroatoms. The molecule has 0 bridgehead atoms. The Morgan fingerprint density at radius 3 is 2.85 bits per heavy atom. The fourth-order valence-corrected chi connectivity index (χ4v) is 1.77. The highest BCUT2D eigenvalue weighted by atomic mass is 16.5. The molecular weight excluding hydrogens is 160 g/mol. The van der Waals surface area contributed by atoms with E-state index in [-0.39, 0.29) is 0 Å². The summed E-state index contributed by atoms with van der Waals surface area (Å²) in [6.45, 7) is 6.50. The maximum atomic E-state index is 5.82. The van der Waals surface area contributed by atoms with Crippen molar-refractivity contribution < 1.29 is 4.74 Å². The van der Waals surface area contributed by atoms with Crippen LogP contribution in [-0.2, 0) is 6.42 Å². The zero-order valence-electron chi connectivity index (χ0n) is 8.50. The Hall–Kier alpha value is -0.980. The highest BCUT2D eigenvalue weighted by Gasteiger charge is 2.22. The molecule has 1 nitrogen and oxygen atoms in total. The Bertz CT molecular complexity index is 317. The van der Waals surface area contributed by atoms with Crippen LogP contribution in [0.4, 0.5) is 0 Å². The highest BCUT2D eigenvalue weighted by Crippen LogP contribution is 2.31. The molecule has 1 aromatic carbocycles. The monoisotopic (exact) mass is 176 g/mol.